The van der Waals surface area contributed by atoms with Crippen LogP contribution < -0.4 is 10.6 Å². The van der Waals surface area contributed by atoms with Gasteiger partial charge >= 0.3 is 0 Å². The number of nitrogens with one attached hydrogen (secondary N) is 2. The van der Waals surface area contributed by atoms with E-state index in [9.17, 15) is 9.18 Å². The third-order valence-corrected chi connectivity index (χ3v) is 2.11. The number of nitrogens with zero attached hydrogens (tertiary/aromatic N) is 1. The van der Waals surface area contributed by atoms with Crippen LogP contribution in [-0.2, 0) is 4.79 Å². The van der Waals surface area contributed by atoms with Crippen LogP contribution in [0.25, 0.3) is 0 Å². The van der Waals surface area contributed by atoms with Gasteiger partial charge in [0.05, 0.1) is 5.02 Å². The van der Waals surface area contributed by atoms with Gasteiger partial charge in [0.15, 0.2) is 11.6 Å². The first-order chi connectivity index (χ1) is 7.54. The van der Waals surface area contributed by atoms with Crippen LogP contribution in [0.1, 0.15) is 13.8 Å². The maximum absolute atomic E-state index is 13.3. The zero-order valence-corrected chi connectivity index (χ0v) is 9.81. The number of halogens is 2. The van der Waals surface area contributed by atoms with E-state index in [4.69, 9.17) is 11.6 Å². The van der Waals surface area contributed by atoms with Crippen LogP contribution in [0.4, 0.5) is 10.2 Å². The molecule has 1 amide bonds. The fraction of sp³-hybridized carbons (Fsp3) is 0.400. The molecule has 0 aliphatic heterocycles. The van der Waals surface area contributed by atoms with Crippen molar-refractivity contribution in [2.24, 2.45) is 0 Å². The van der Waals surface area contributed by atoms with E-state index in [0.29, 0.717) is 6.54 Å². The smallest absolute Gasteiger partial charge is 0.242 e. The van der Waals surface area contributed by atoms with Gasteiger partial charge in [-0.15, -0.1) is 0 Å². The highest BCUT2D eigenvalue weighted by Crippen LogP contribution is 2.16. The van der Waals surface area contributed by atoms with Gasteiger partial charge in [0.1, 0.15) is 6.04 Å². The van der Waals surface area contributed by atoms with Crippen molar-refractivity contribution in [3.63, 3.8) is 0 Å². The van der Waals surface area contributed by atoms with Gasteiger partial charge in [0.2, 0.25) is 5.91 Å². The molecule has 1 aromatic heterocycles. The Balaban J connectivity index is 2.69. The van der Waals surface area contributed by atoms with Crippen LogP contribution in [0.5, 0.6) is 0 Å². The summed E-state index contributed by atoms with van der Waals surface area (Å²) in [6.07, 6.45) is 1.32. The van der Waals surface area contributed by atoms with Crippen LogP contribution >= 0.6 is 11.6 Å². The van der Waals surface area contributed by atoms with Gasteiger partial charge in [-0.25, -0.2) is 9.37 Å². The van der Waals surface area contributed by atoms with E-state index < -0.39 is 11.9 Å². The number of carbonyl (C=O) groups is 1. The molecule has 0 bridgehead atoms. The van der Waals surface area contributed by atoms with Gasteiger partial charge in [-0.3, -0.25) is 4.79 Å². The number of anilines is 1. The molecular formula is C10H13ClFN3O. The van der Waals surface area contributed by atoms with Crippen molar-refractivity contribution in [1.29, 1.82) is 0 Å². The lowest BCUT2D eigenvalue weighted by molar-refractivity contribution is -0.121. The molecule has 88 valence electrons. The van der Waals surface area contributed by atoms with E-state index in [1.54, 1.807) is 6.92 Å². The van der Waals surface area contributed by atoms with Crippen LogP contribution in [0.2, 0.25) is 5.02 Å². The minimum absolute atomic E-state index is 0.0168. The minimum Gasteiger partial charge on any atom is -0.356 e. The minimum atomic E-state index is -0.580. The third-order valence-electron chi connectivity index (χ3n) is 1.91. The standard InChI is InChI=1S/C10H13ClFN3O/c1-3-13-10(16)6(2)15-9-8(12)4-7(11)5-14-9/h4-6H,3H2,1-2H3,(H,13,16)(H,14,15). The average molecular weight is 246 g/mol. The van der Waals surface area contributed by atoms with Crippen LogP contribution in [0, 0.1) is 5.82 Å². The molecule has 0 fully saturated rings. The van der Waals surface area contributed by atoms with E-state index in [0.717, 1.165) is 6.07 Å². The molecule has 0 saturated heterocycles. The summed E-state index contributed by atoms with van der Waals surface area (Å²) in [6.45, 7) is 3.97. The van der Waals surface area contributed by atoms with Crippen molar-refractivity contribution in [3.05, 3.63) is 23.1 Å². The van der Waals surface area contributed by atoms with Gasteiger partial charge in [0.25, 0.3) is 0 Å². The summed E-state index contributed by atoms with van der Waals surface area (Å²) in [5, 5.41) is 5.50. The summed E-state index contributed by atoms with van der Waals surface area (Å²) < 4.78 is 13.3. The summed E-state index contributed by atoms with van der Waals surface area (Å²) in [6, 6.07) is 0.588. The first kappa shape index (κ1) is 12.7. The largest absolute Gasteiger partial charge is 0.356 e. The topological polar surface area (TPSA) is 54.0 Å². The molecule has 1 atom stereocenters. The Morgan fingerprint density at radius 2 is 2.38 bits per heavy atom. The van der Waals surface area contributed by atoms with Crippen molar-refractivity contribution in [2.45, 2.75) is 19.9 Å². The molecule has 0 aliphatic rings. The van der Waals surface area contributed by atoms with Crippen molar-refractivity contribution in [3.8, 4) is 0 Å². The quantitative estimate of drug-likeness (QED) is 0.851. The highest BCUT2D eigenvalue weighted by Gasteiger charge is 2.14. The number of hydrogen-bond donors (Lipinski definition) is 2. The second-order valence-corrected chi connectivity index (χ2v) is 3.68. The Bertz CT molecular complexity index is 386. The van der Waals surface area contributed by atoms with Gasteiger partial charge in [-0.2, -0.15) is 0 Å². The van der Waals surface area contributed by atoms with Gasteiger partial charge in [-0.05, 0) is 19.9 Å². The summed E-state index contributed by atoms with van der Waals surface area (Å²) in [5.74, 6) is -0.773. The molecule has 1 aromatic rings. The molecule has 6 heteroatoms. The van der Waals surface area contributed by atoms with E-state index in [-0.39, 0.29) is 16.7 Å². The zero-order valence-electron chi connectivity index (χ0n) is 9.05. The monoisotopic (exact) mass is 245 g/mol. The lowest BCUT2D eigenvalue weighted by Crippen LogP contribution is -2.37. The highest BCUT2D eigenvalue weighted by molar-refractivity contribution is 6.30. The molecule has 1 unspecified atom stereocenters. The third kappa shape index (κ3) is 3.34. The molecule has 16 heavy (non-hydrogen) atoms. The number of aromatic nitrogens is 1. The summed E-state index contributed by atoms with van der Waals surface area (Å²) in [7, 11) is 0. The molecule has 1 heterocycles. The second kappa shape index (κ2) is 5.65. The molecule has 0 aromatic carbocycles. The second-order valence-electron chi connectivity index (χ2n) is 3.24. The molecule has 0 saturated carbocycles. The molecule has 0 radical (unpaired) electrons. The molecule has 1 rings (SSSR count). The van der Waals surface area contributed by atoms with Crippen molar-refractivity contribution in [2.75, 3.05) is 11.9 Å². The molecule has 0 spiro atoms. The number of amides is 1. The molecule has 4 nitrogen and oxygen atoms in total. The number of hydrogen-bond acceptors (Lipinski definition) is 3. The first-order valence-electron chi connectivity index (χ1n) is 4.90. The summed E-state index contributed by atoms with van der Waals surface area (Å²) in [5.41, 5.74) is 0. The molecule has 2 N–H and O–H groups in total. The maximum Gasteiger partial charge on any atom is 0.242 e. The number of rotatable bonds is 4. The Morgan fingerprint density at radius 1 is 1.69 bits per heavy atom. The fourth-order valence-electron chi connectivity index (χ4n) is 1.12. The van der Waals surface area contributed by atoms with Gasteiger partial charge < -0.3 is 10.6 Å². The Labute approximate surface area is 98.2 Å². The fourth-order valence-corrected chi connectivity index (χ4v) is 1.26. The predicted molar refractivity (Wildman–Crippen MR) is 61.0 cm³/mol. The Kier molecular flexibility index (Phi) is 4.49. The van der Waals surface area contributed by atoms with Crippen molar-refractivity contribution in [1.82, 2.24) is 10.3 Å². The zero-order chi connectivity index (χ0) is 12.1. The van der Waals surface area contributed by atoms with E-state index >= 15 is 0 Å². The number of likely N-dealkylation sites (N-methyl/N-ethyl adjacent to an activating group) is 1. The van der Waals surface area contributed by atoms with Crippen LogP contribution in [0.15, 0.2) is 12.3 Å². The van der Waals surface area contributed by atoms with Crippen LogP contribution in [-0.4, -0.2) is 23.5 Å². The van der Waals surface area contributed by atoms with E-state index in [1.165, 1.54) is 6.20 Å². The highest BCUT2D eigenvalue weighted by atomic mass is 35.5. The van der Waals surface area contributed by atoms with Crippen molar-refractivity contribution >= 4 is 23.3 Å². The number of pyridine rings is 1. The maximum atomic E-state index is 13.3. The Hall–Kier alpha value is -1.36. The Morgan fingerprint density at radius 3 is 2.94 bits per heavy atom. The SMILES string of the molecule is CCNC(=O)C(C)Nc1ncc(Cl)cc1F. The van der Waals surface area contributed by atoms with E-state index in [2.05, 4.69) is 15.6 Å². The van der Waals surface area contributed by atoms with E-state index in [1.807, 2.05) is 6.92 Å². The lowest BCUT2D eigenvalue weighted by Gasteiger charge is -2.14. The average Bonchev–Trinajstić information content (AvgIpc) is 2.22. The normalized spacial score (nSPS) is 12.0. The van der Waals surface area contributed by atoms with Crippen molar-refractivity contribution < 1.29 is 9.18 Å². The van der Waals surface area contributed by atoms with Gasteiger partial charge in [0, 0.05) is 12.7 Å². The molecule has 0 aliphatic carbocycles. The first-order valence-corrected chi connectivity index (χ1v) is 5.27. The number of carbonyl (C=O) groups excluding carboxylic acids is 1. The van der Waals surface area contributed by atoms with Crippen LogP contribution in [0.3, 0.4) is 0 Å². The predicted octanol–water partition coefficient (Wildman–Crippen LogP) is 1.81. The lowest BCUT2D eigenvalue weighted by atomic mass is 10.3. The summed E-state index contributed by atoms with van der Waals surface area (Å²) >= 11 is 5.56. The summed E-state index contributed by atoms with van der Waals surface area (Å²) in [4.78, 5) is 15.1. The molecular weight excluding hydrogens is 233 g/mol. The van der Waals surface area contributed by atoms with Gasteiger partial charge in [-0.1, -0.05) is 11.6 Å².